The molecule has 0 N–H and O–H groups in total. The zero-order chi connectivity index (χ0) is 17.1. The van der Waals surface area contributed by atoms with Crippen LogP contribution in [-0.2, 0) is 4.79 Å². The first-order valence-electron chi connectivity index (χ1n) is 8.57. The largest absolute Gasteiger partial charge is 0.339 e. The minimum Gasteiger partial charge on any atom is -0.339 e. The zero-order valence-corrected chi connectivity index (χ0v) is 14.7. The molecular formula is C19H26N4O. The fraction of sp³-hybridized carbons (Fsp3) is 0.474. The van der Waals surface area contributed by atoms with Crippen molar-refractivity contribution in [3.05, 3.63) is 54.1 Å². The molecule has 2 atom stereocenters. The summed E-state index contributed by atoms with van der Waals surface area (Å²) in [6, 6.07) is 10.1. The molecule has 1 saturated heterocycles. The van der Waals surface area contributed by atoms with Crippen LogP contribution in [0.25, 0.3) is 0 Å². The third-order valence-corrected chi connectivity index (χ3v) is 4.83. The Bertz CT molecular complexity index is 680. The normalized spacial score (nSPS) is 19.5. The minimum atomic E-state index is -0.228. The van der Waals surface area contributed by atoms with Gasteiger partial charge in [-0.05, 0) is 39.4 Å². The Morgan fingerprint density at radius 3 is 2.67 bits per heavy atom. The Kier molecular flexibility index (Phi) is 5.00. The van der Waals surface area contributed by atoms with Gasteiger partial charge >= 0.3 is 0 Å². The van der Waals surface area contributed by atoms with Crippen LogP contribution in [0.1, 0.15) is 36.3 Å². The Balaban J connectivity index is 1.79. The predicted octanol–water partition coefficient (Wildman–Crippen LogP) is 2.66. The van der Waals surface area contributed by atoms with E-state index in [1.807, 2.05) is 73.5 Å². The summed E-state index contributed by atoms with van der Waals surface area (Å²) in [7, 11) is 3.94. The summed E-state index contributed by atoms with van der Waals surface area (Å²) in [5.74, 6) is 1.20. The number of hydrogen-bond donors (Lipinski definition) is 0. The molecule has 3 rings (SSSR count). The molecule has 1 fully saturated rings. The number of aryl methyl sites for hydroxylation is 1. The first-order chi connectivity index (χ1) is 11.6. The van der Waals surface area contributed by atoms with E-state index in [2.05, 4.69) is 9.55 Å². The van der Waals surface area contributed by atoms with Gasteiger partial charge in [0.15, 0.2) is 0 Å². The average molecular weight is 326 g/mol. The maximum Gasteiger partial charge on any atom is 0.244 e. The van der Waals surface area contributed by atoms with E-state index in [1.165, 1.54) is 0 Å². The molecule has 0 spiro atoms. The summed E-state index contributed by atoms with van der Waals surface area (Å²) in [5.41, 5.74) is 1.05. The van der Waals surface area contributed by atoms with Crippen LogP contribution < -0.4 is 0 Å². The molecule has 0 bridgehead atoms. The summed E-state index contributed by atoms with van der Waals surface area (Å²) in [6.45, 7) is 3.61. The molecule has 1 aliphatic heterocycles. The fourth-order valence-electron chi connectivity index (χ4n) is 3.63. The second-order valence-electron chi connectivity index (χ2n) is 6.74. The number of imidazole rings is 1. The van der Waals surface area contributed by atoms with E-state index >= 15 is 0 Å². The number of amides is 1. The van der Waals surface area contributed by atoms with Crippen LogP contribution in [-0.4, -0.2) is 52.4 Å². The highest BCUT2D eigenvalue weighted by atomic mass is 16.2. The van der Waals surface area contributed by atoms with Crippen molar-refractivity contribution in [3.63, 3.8) is 0 Å². The molecule has 128 valence electrons. The van der Waals surface area contributed by atoms with Gasteiger partial charge in [-0.25, -0.2) is 4.98 Å². The van der Waals surface area contributed by atoms with Crippen molar-refractivity contribution in [2.75, 3.05) is 27.2 Å². The summed E-state index contributed by atoms with van der Waals surface area (Å²) >= 11 is 0. The third kappa shape index (κ3) is 3.36. The molecule has 5 nitrogen and oxygen atoms in total. The van der Waals surface area contributed by atoms with Gasteiger partial charge in [-0.2, -0.15) is 0 Å². The van der Waals surface area contributed by atoms with Crippen LogP contribution >= 0.6 is 0 Å². The molecule has 2 heterocycles. The van der Waals surface area contributed by atoms with Crippen LogP contribution in [0.15, 0.2) is 42.7 Å². The van der Waals surface area contributed by atoms with E-state index in [4.69, 9.17) is 0 Å². The van der Waals surface area contributed by atoms with Gasteiger partial charge in [0.25, 0.3) is 0 Å². The van der Waals surface area contributed by atoms with Crippen LogP contribution in [0.2, 0.25) is 0 Å². The quantitative estimate of drug-likeness (QED) is 0.867. The van der Waals surface area contributed by atoms with Crippen molar-refractivity contribution in [3.8, 4) is 0 Å². The highest BCUT2D eigenvalue weighted by Gasteiger charge is 2.31. The highest BCUT2D eigenvalue weighted by Crippen LogP contribution is 2.27. The SMILES string of the molecule is Cc1nccn1[C@@H]1CCCN(C(=O)[C@H](c2ccccc2)N(C)C)C1. The second-order valence-corrected chi connectivity index (χ2v) is 6.74. The Labute approximate surface area is 143 Å². The number of rotatable bonds is 4. The monoisotopic (exact) mass is 326 g/mol. The molecule has 0 unspecified atom stereocenters. The van der Waals surface area contributed by atoms with Gasteiger partial charge in [0.2, 0.25) is 5.91 Å². The maximum atomic E-state index is 13.2. The van der Waals surface area contributed by atoms with E-state index in [9.17, 15) is 4.79 Å². The lowest BCUT2D eigenvalue weighted by atomic mass is 10.0. The minimum absolute atomic E-state index is 0.189. The summed E-state index contributed by atoms with van der Waals surface area (Å²) in [6.07, 6.45) is 5.99. The molecule has 5 heteroatoms. The standard InChI is InChI=1S/C19H26N4O/c1-15-20-11-13-23(15)17-10-7-12-22(14-17)19(24)18(21(2)3)16-8-5-4-6-9-16/h4-6,8-9,11,13,17-18H,7,10,12,14H2,1-3H3/t17-,18+/m1/s1. The zero-order valence-electron chi connectivity index (χ0n) is 14.7. The van der Waals surface area contributed by atoms with Crippen molar-refractivity contribution < 1.29 is 4.79 Å². The van der Waals surface area contributed by atoms with Gasteiger partial charge in [-0.15, -0.1) is 0 Å². The van der Waals surface area contributed by atoms with Crippen LogP contribution in [0.4, 0.5) is 0 Å². The lowest BCUT2D eigenvalue weighted by Crippen LogP contribution is -2.46. The molecule has 0 aliphatic carbocycles. The summed E-state index contributed by atoms with van der Waals surface area (Å²) in [4.78, 5) is 21.5. The Morgan fingerprint density at radius 1 is 1.29 bits per heavy atom. The maximum absolute atomic E-state index is 13.2. The molecule has 1 aromatic carbocycles. The molecule has 0 radical (unpaired) electrons. The van der Waals surface area contributed by atoms with Crippen molar-refractivity contribution in [1.29, 1.82) is 0 Å². The number of likely N-dealkylation sites (N-methyl/N-ethyl adjacent to an activating group) is 1. The first-order valence-corrected chi connectivity index (χ1v) is 8.57. The molecule has 2 aromatic rings. The van der Waals surface area contributed by atoms with Gasteiger partial charge < -0.3 is 9.47 Å². The van der Waals surface area contributed by atoms with Crippen LogP contribution in [0.5, 0.6) is 0 Å². The number of benzene rings is 1. The van der Waals surface area contributed by atoms with Gasteiger partial charge in [-0.1, -0.05) is 30.3 Å². The molecular weight excluding hydrogens is 300 g/mol. The lowest BCUT2D eigenvalue weighted by molar-refractivity contribution is -0.138. The number of nitrogens with zero attached hydrogens (tertiary/aromatic N) is 4. The number of hydrogen-bond acceptors (Lipinski definition) is 3. The van der Waals surface area contributed by atoms with Crippen LogP contribution in [0, 0.1) is 6.92 Å². The number of carbonyl (C=O) groups excluding carboxylic acids is 1. The van der Waals surface area contributed by atoms with Gasteiger partial charge in [0.1, 0.15) is 11.9 Å². The Hall–Kier alpha value is -2.14. The lowest BCUT2D eigenvalue weighted by Gasteiger charge is -2.37. The van der Waals surface area contributed by atoms with Crippen molar-refractivity contribution in [1.82, 2.24) is 19.4 Å². The van der Waals surface area contributed by atoms with E-state index in [-0.39, 0.29) is 11.9 Å². The molecule has 1 aromatic heterocycles. The number of likely N-dealkylation sites (tertiary alicyclic amines) is 1. The number of aromatic nitrogens is 2. The summed E-state index contributed by atoms with van der Waals surface area (Å²) in [5, 5.41) is 0. The van der Waals surface area contributed by atoms with E-state index in [0.717, 1.165) is 37.3 Å². The Morgan fingerprint density at radius 2 is 2.04 bits per heavy atom. The molecule has 0 saturated carbocycles. The topological polar surface area (TPSA) is 41.4 Å². The predicted molar refractivity (Wildman–Crippen MR) is 94.7 cm³/mol. The van der Waals surface area contributed by atoms with Crippen LogP contribution in [0.3, 0.4) is 0 Å². The van der Waals surface area contributed by atoms with E-state index in [1.54, 1.807) is 0 Å². The molecule has 24 heavy (non-hydrogen) atoms. The van der Waals surface area contributed by atoms with E-state index in [0.29, 0.717) is 6.04 Å². The van der Waals surface area contributed by atoms with Gasteiger partial charge in [-0.3, -0.25) is 9.69 Å². The van der Waals surface area contributed by atoms with Crippen molar-refractivity contribution >= 4 is 5.91 Å². The van der Waals surface area contributed by atoms with E-state index < -0.39 is 0 Å². The molecule has 1 aliphatic rings. The highest BCUT2D eigenvalue weighted by molar-refractivity contribution is 5.83. The average Bonchev–Trinajstić information content (AvgIpc) is 3.02. The third-order valence-electron chi connectivity index (χ3n) is 4.83. The van der Waals surface area contributed by atoms with Crippen molar-refractivity contribution in [2.45, 2.75) is 31.8 Å². The summed E-state index contributed by atoms with van der Waals surface area (Å²) < 4.78 is 2.20. The fourth-order valence-corrected chi connectivity index (χ4v) is 3.63. The number of carbonyl (C=O) groups is 1. The second kappa shape index (κ2) is 7.18. The van der Waals surface area contributed by atoms with Crippen molar-refractivity contribution in [2.24, 2.45) is 0 Å². The van der Waals surface area contributed by atoms with Gasteiger partial charge in [0.05, 0.1) is 6.04 Å². The first kappa shape index (κ1) is 16.7. The molecule has 1 amide bonds. The smallest absolute Gasteiger partial charge is 0.244 e. The van der Waals surface area contributed by atoms with Gasteiger partial charge in [0, 0.05) is 25.5 Å². The number of piperidine rings is 1.